The Labute approximate surface area is 93.0 Å². The van der Waals surface area contributed by atoms with Gasteiger partial charge in [-0.15, -0.1) is 0 Å². The summed E-state index contributed by atoms with van der Waals surface area (Å²) in [5, 5.41) is 1.05. The Kier molecular flexibility index (Phi) is 4.94. The third-order valence-electron chi connectivity index (χ3n) is 2.14. The lowest BCUT2D eigenvalue weighted by Crippen LogP contribution is -2.18. The van der Waals surface area contributed by atoms with Gasteiger partial charge in [-0.05, 0) is 37.1 Å². The van der Waals surface area contributed by atoms with Crippen LogP contribution in [0.2, 0.25) is 0 Å². The Morgan fingerprint density at radius 2 is 1.86 bits per heavy atom. The fraction of sp³-hybridized carbons (Fsp3) is 0.455. The normalized spacial score (nSPS) is 10.2. The van der Waals surface area contributed by atoms with Crippen LogP contribution in [0.5, 0.6) is 0 Å². The second-order valence-electron chi connectivity index (χ2n) is 3.29. The van der Waals surface area contributed by atoms with Crippen molar-refractivity contribution in [2.24, 2.45) is 0 Å². The van der Waals surface area contributed by atoms with Gasteiger partial charge in [-0.2, -0.15) is 0 Å². The molecule has 1 aromatic rings. The van der Waals surface area contributed by atoms with E-state index in [1.807, 2.05) is 19.2 Å². The molecule has 0 fully saturated rings. The highest BCUT2D eigenvalue weighted by Crippen LogP contribution is 2.13. The Morgan fingerprint density at radius 1 is 1.21 bits per heavy atom. The monoisotopic (exact) mass is 259 g/mol. The largest absolute Gasteiger partial charge is 0.375 e. The molecule has 1 nitrogen and oxygen atoms in total. The van der Waals surface area contributed by atoms with Crippen molar-refractivity contribution in [3.8, 4) is 0 Å². The topological polar surface area (TPSA) is 3.24 Å². The van der Waals surface area contributed by atoms with E-state index in [2.05, 4.69) is 20.8 Å². The molecule has 14 heavy (non-hydrogen) atoms. The molecule has 0 bridgehead atoms. The molecule has 0 atom stereocenters. The lowest BCUT2D eigenvalue weighted by molar-refractivity contribution is 0.627. The van der Waals surface area contributed by atoms with Gasteiger partial charge in [-0.1, -0.05) is 15.9 Å². The maximum atomic E-state index is 12.6. The summed E-state index contributed by atoms with van der Waals surface area (Å²) in [6.45, 7) is 1.01. The molecule has 0 aromatic heterocycles. The summed E-state index contributed by atoms with van der Waals surface area (Å²) in [5.41, 5.74) is 1.07. The van der Waals surface area contributed by atoms with E-state index in [0.29, 0.717) is 0 Å². The summed E-state index contributed by atoms with van der Waals surface area (Å²) < 4.78 is 12.6. The Hall–Kier alpha value is -0.570. The quantitative estimate of drug-likeness (QED) is 0.579. The number of rotatable bonds is 5. The van der Waals surface area contributed by atoms with Crippen LogP contribution in [-0.4, -0.2) is 18.9 Å². The fourth-order valence-corrected chi connectivity index (χ4v) is 1.66. The van der Waals surface area contributed by atoms with Crippen LogP contribution in [0.1, 0.15) is 12.8 Å². The maximum absolute atomic E-state index is 12.6. The van der Waals surface area contributed by atoms with Gasteiger partial charge >= 0.3 is 0 Å². The van der Waals surface area contributed by atoms with Gasteiger partial charge in [0.25, 0.3) is 0 Å². The fourth-order valence-electron chi connectivity index (χ4n) is 1.27. The highest BCUT2D eigenvalue weighted by molar-refractivity contribution is 9.09. The highest BCUT2D eigenvalue weighted by atomic mass is 79.9. The number of halogens is 2. The predicted octanol–water partition coefficient (Wildman–Crippen LogP) is 3.44. The van der Waals surface area contributed by atoms with Crippen molar-refractivity contribution >= 4 is 21.6 Å². The van der Waals surface area contributed by atoms with Crippen LogP contribution in [0.4, 0.5) is 10.1 Å². The number of nitrogens with zero attached hydrogens (tertiary/aromatic N) is 1. The van der Waals surface area contributed by atoms with Crippen LogP contribution in [0.15, 0.2) is 24.3 Å². The first kappa shape index (κ1) is 11.5. The predicted molar refractivity (Wildman–Crippen MR) is 62.7 cm³/mol. The smallest absolute Gasteiger partial charge is 0.123 e. The van der Waals surface area contributed by atoms with Gasteiger partial charge in [0.05, 0.1) is 0 Å². The van der Waals surface area contributed by atoms with Crippen LogP contribution in [-0.2, 0) is 0 Å². The van der Waals surface area contributed by atoms with Crippen molar-refractivity contribution in [1.82, 2.24) is 0 Å². The lowest BCUT2D eigenvalue weighted by Gasteiger charge is -2.18. The lowest BCUT2D eigenvalue weighted by atomic mass is 10.2. The molecule has 0 heterocycles. The molecule has 0 radical (unpaired) electrons. The number of unbranched alkanes of at least 4 members (excludes halogenated alkanes) is 1. The van der Waals surface area contributed by atoms with Crippen LogP contribution in [0.3, 0.4) is 0 Å². The molecule has 0 unspecified atom stereocenters. The van der Waals surface area contributed by atoms with Crippen LogP contribution < -0.4 is 4.90 Å². The summed E-state index contributed by atoms with van der Waals surface area (Å²) in [4.78, 5) is 2.14. The first-order valence-corrected chi connectivity index (χ1v) is 5.89. The molecule has 0 saturated carbocycles. The van der Waals surface area contributed by atoms with Crippen molar-refractivity contribution in [1.29, 1.82) is 0 Å². The number of hydrogen-bond donors (Lipinski definition) is 0. The minimum atomic E-state index is -0.178. The molecule has 0 aliphatic rings. The van der Waals surface area contributed by atoms with Crippen molar-refractivity contribution in [2.45, 2.75) is 12.8 Å². The third kappa shape index (κ3) is 3.66. The van der Waals surface area contributed by atoms with E-state index >= 15 is 0 Å². The minimum absolute atomic E-state index is 0.178. The van der Waals surface area contributed by atoms with Crippen molar-refractivity contribution in [2.75, 3.05) is 23.8 Å². The van der Waals surface area contributed by atoms with E-state index in [4.69, 9.17) is 0 Å². The molecule has 0 aliphatic carbocycles. The zero-order valence-electron chi connectivity index (χ0n) is 8.34. The summed E-state index contributed by atoms with van der Waals surface area (Å²) in [7, 11) is 2.03. The first-order chi connectivity index (χ1) is 6.74. The highest BCUT2D eigenvalue weighted by Gasteiger charge is 1.99. The van der Waals surface area contributed by atoms with Crippen molar-refractivity contribution in [3.05, 3.63) is 30.1 Å². The van der Waals surface area contributed by atoms with Gasteiger partial charge in [0.1, 0.15) is 5.82 Å². The molecule has 0 aliphatic heterocycles. The molecular formula is C11H15BrFN. The number of anilines is 1. The Bertz CT molecular complexity index is 260. The SMILES string of the molecule is CN(CCCCBr)c1ccc(F)cc1. The molecule has 0 spiro atoms. The van der Waals surface area contributed by atoms with Gasteiger partial charge in [0.15, 0.2) is 0 Å². The summed E-state index contributed by atoms with van der Waals surface area (Å²) in [5.74, 6) is -0.178. The van der Waals surface area contributed by atoms with E-state index < -0.39 is 0 Å². The standard InChI is InChI=1S/C11H15BrFN/c1-14(9-3-2-8-12)11-6-4-10(13)5-7-11/h4-7H,2-3,8-9H2,1H3. The molecule has 0 saturated heterocycles. The summed E-state index contributed by atoms with van der Waals surface area (Å²) >= 11 is 3.40. The second-order valence-corrected chi connectivity index (χ2v) is 4.09. The van der Waals surface area contributed by atoms with Gasteiger partial charge in [0.2, 0.25) is 0 Å². The zero-order chi connectivity index (χ0) is 10.4. The zero-order valence-corrected chi connectivity index (χ0v) is 9.93. The molecular weight excluding hydrogens is 245 g/mol. The van der Waals surface area contributed by atoms with Crippen molar-refractivity contribution in [3.63, 3.8) is 0 Å². The van der Waals surface area contributed by atoms with E-state index in [1.54, 1.807) is 0 Å². The molecule has 78 valence electrons. The van der Waals surface area contributed by atoms with Gasteiger partial charge in [-0.25, -0.2) is 4.39 Å². The molecule has 1 aromatic carbocycles. The van der Waals surface area contributed by atoms with Crippen LogP contribution in [0.25, 0.3) is 0 Å². The number of benzene rings is 1. The average Bonchev–Trinajstić information content (AvgIpc) is 2.19. The molecule has 3 heteroatoms. The first-order valence-electron chi connectivity index (χ1n) is 4.76. The Balaban J connectivity index is 2.43. The van der Waals surface area contributed by atoms with E-state index in [-0.39, 0.29) is 5.82 Å². The average molecular weight is 260 g/mol. The van der Waals surface area contributed by atoms with Gasteiger partial charge in [0, 0.05) is 24.6 Å². The maximum Gasteiger partial charge on any atom is 0.123 e. The summed E-state index contributed by atoms with van der Waals surface area (Å²) in [6.07, 6.45) is 2.32. The third-order valence-corrected chi connectivity index (χ3v) is 2.71. The number of hydrogen-bond acceptors (Lipinski definition) is 1. The second kappa shape index (κ2) is 6.02. The minimum Gasteiger partial charge on any atom is -0.375 e. The van der Waals surface area contributed by atoms with Crippen LogP contribution >= 0.6 is 15.9 Å². The van der Waals surface area contributed by atoms with Gasteiger partial charge < -0.3 is 4.90 Å². The van der Waals surface area contributed by atoms with Crippen LogP contribution in [0, 0.1) is 5.82 Å². The van der Waals surface area contributed by atoms with E-state index in [0.717, 1.165) is 24.0 Å². The van der Waals surface area contributed by atoms with E-state index in [1.165, 1.54) is 18.6 Å². The van der Waals surface area contributed by atoms with Gasteiger partial charge in [-0.3, -0.25) is 0 Å². The Morgan fingerprint density at radius 3 is 2.43 bits per heavy atom. The molecule has 1 rings (SSSR count). The molecule has 0 amide bonds. The van der Waals surface area contributed by atoms with E-state index in [9.17, 15) is 4.39 Å². The summed E-state index contributed by atoms with van der Waals surface area (Å²) in [6, 6.07) is 6.61. The molecule has 0 N–H and O–H groups in total. The number of alkyl halides is 1. The van der Waals surface area contributed by atoms with Crippen molar-refractivity contribution < 1.29 is 4.39 Å².